The van der Waals surface area contributed by atoms with Crippen LogP contribution in [0.2, 0.25) is 0 Å². The average Bonchev–Trinajstić information content (AvgIpc) is 3.23. The molecule has 3 aromatic heterocycles. The van der Waals surface area contributed by atoms with Gasteiger partial charge in [0.1, 0.15) is 23.5 Å². The predicted octanol–water partition coefficient (Wildman–Crippen LogP) is 3.83. The molecule has 1 N–H and O–H groups in total. The van der Waals surface area contributed by atoms with Crippen LogP contribution in [0.4, 0.5) is 17.6 Å². The van der Waals surface area contributed by atoms with Crippen LogP contribution in [0.15, 0.2) is 41.3 Å². The summed E-state index contributed by atoms with van der Waals surface area (Å²) in [5.41, 5.74) is -0.777. The molecule has 1 aromatic carbocycles. The Balaban J connectivity index is 1.84. The van der Waals surface area contributed by atoms with Gasteiger partial charge in [0.2, 0.25) is 5.82 Å². The highest BCUT2D eigenvalue weighted by Crippen LogP contribution is 2.37. The number of nitrogens with zero attached hydrogens (tertiary/aromatic N) is 4. The summed E-state index contributed by atoms with van der Waals surface area (Å²) >= 11 is 0. The Morgan fingerprint density at radius 1 is 1.08 bits per heavy atom. The molecule has 4 rings (SSSR count). The Bertz CT molecular complexity index is 1070. The maximum Gasteiger partial charge on any atom is 0.417 e. The van der Waals surface area contributed by atoms with E-state index in [0.29, 0.717) is 17.1 Å². The second-order valence-electron chi connectivity index (χ2n) is 5.07. The molecule has 0 spiro atoms. The van der Waals surface area contributed by atoms with Crippen molar-refractivity contribution in [2.45, 2.75) is 6.18 Å². The number of rotatable bonds is 2. The lowest BCUT2D eigenvalue weighted by Crippen LogP contribution is -2.08. The smallest absolute Gasteiger partial charge is 0.346 e. The molecule has 3 heterocycles. The van der Waals surface area contributed by atoms with E-state index < -0.39 is 17.6 Å². The molecule has 0 fully saturated rings. The van der Waals surface area contributed by atoms with E-state index in [2.05, 4.69) is 25.1 Å². The van der Waals surface area contributed by atoms with E-state index in [4.69, 9.17) is 4.52 Å². The van der Waals surface area contributed by atoms with Gasteiger partial charge in [0.05, 0.1) is 10.9 Å². The fraction of sp³-hybridized carbons (Fsp3) is 0.0667. The number of aromatic nitrogens is 5. The molecule has 10 heteroatoms. The Labute approximate surface area is 136 Å². The van der Waals surface area contributed by atoms with Crippen LogP contribution >= 0.6 is 0 Å². The third-order valence-electron chi connectivity index (χ3n) is 3.51. The summed E-state index contributed by atoms with van der Waals surface area (Å²) in [6, 6.07) is 3.92. The molecule has 0 radical (unpaired) electrons. The van der Waals surface area contributed by atoms with Gasteiger partial charge in [-0.25, -0.2) is 14.4 Å². The molecule has 0 unspecified atom stereocenters. The van der Waals surface area contributed by atoms with Gasteiger partial charge in [0.25, 0.3) is 5.89 Å². The minimum atomic E-state index is -4.76. The van der Waals surface area contributed by atoms with Gasteiger partial charge in [-0.05, 0) is 24.3 Å². The predicted molar refractivity (Wildman–Crippen MR) is 77.6 cm³/mol. The van der Waals surface area contributed by atoms with Crippen LogP contribution < -0.4 is 0 Å². The zero-order valence-corrected chi connectivity index (χ0v) is 12.2. The highest BCUT2D eigenvalue weighted by atomic mass is 19.4. The molecule has 0 aliphatic rings. The number of hydrogen-bond donors (Lipinski definition) is 1. The van der Waals surface area contributed by atoms with Crippen LogP contribution in [0.5, 0.6) is 0 Å². The molecule has 25 heavy (non-hydrogen) atoms. The molecule has 0 atom stereocenters. The first kappa shape index (κ1) is 15.2. The second kappa shape index (κ2) is 5.36. The Morgan fingerprint density at radius 2 is 1.92 bits per heavy atom. The molecule has 4 aromatic rings. The molecule has 0 saturated heterocycles. The number of aromatic amines is 1. The van der Waals surface area contributed by atoms with Crippen molar-refractivity contribution in [1.29, 1.82) is 0 Å². The third kappa shape index (κ3) is 2.61. The molecule has 0 aliphatic heterocycles. The van der Waals surface area contributed by atoms with Crippen molar-refractivity contribution in [3.63, 3.8) is 0 Å². The van der Waals surface area contributed by atoms with Crippen LogP contribution in [-0.2, 0) is 6.18 Å². The topological polar surface area (TPSA) is 80.5 Å². The van der Waals surface area contributed by atoms with Crippen molar-refractivity contribution in [1.82, 2.24) is 25.1 Å². The standard InChI is InChI=1S/C15H7F4N5O/c16-7-1-2-8(10(5-7)15(17,18)19)13-23-14(25-24-13)11-9-3-4-20-12(9)22-6-21-11/h1-6H,(H,20,21,22). The summed E-state index contributed by atoms with van der Waals surface area (Å²) in [5, 5.41) is 4.16. The van der Waals surface area contributed by atoms with Crippen LogP contribution in [0, 0.1) is 5.82 Å². The lowest BCUT2D eigenvalue weighted by atomic mass is 10.1. The van der Waals surface area contributed by atoms with Gasteiger partial charge in [0.15, 0.2) is 0 Å². The summed E-state index contributed by atoms with van der Waals surface area (Å²) < 4.78 is 57.7. The van der Waals surface area contributed by atoms with E-state index in [1.54, 1.807) is 12.3 Å². The number of nitrogens with one attached hydrogen (secondary N) is 1. The van der Waals surface area contributed by atoms with Crippen LogP contribution in [0.3, 0.4) is 0 Å². The SMILES string of the molecule is Fc1ccc(-c2noc(-c3ncnc4[nH]ccc34)n2)c(C(F)(F)F)c1. The monoisotopic (exact) mass is 349 g/mol. The van der Waals surface area contributed by atoms with Crippen molar-refractivity contribution < 1.29 is 22.1 Å². The zero-order valence-electron chi connectivity index (χ0n) is 12.2. The number of fused-ring (bicyclic) bond motifs is 1. The van der Waals surface area contributed by atoms with E-state index in [0.717, 1.165) is 12.1 Å². The summed E-state index contributed by atoms with van der Waals surface area (Å²) in [6.07, 6.45) is -1.88. The van der Waals surface area contributed by atoms with E-state index in [1.165, 1.54) is 6.33 Å². The van der Waals surface area contributed by atoms with E-state index in [9.17, 15) is 17.6 Å². The van der Waals surface area contributed by atoms with Crippen molar-refractivity contribution >= 4 is 11.0 Å². The fourth-order valence-corrected chi connectivity index (χ4v) is 2.42. The number of benzene rings is 1. The normalized spacial score (nSPS) is 12.0. The highest BCUT2D eigenvalue weighted by molar-refractivity contribution is 5.88. The number of alkyl halides is 3. The lowest BCUT2D eigenvalue weighted by Gasteiger charge is -2.10. The second-order valence-corrected chi connectivity index (χ2v) is 5.07. The van der Waals surface area contributed by atoms with Crippen molar-refractivity contribution in [2.75, 3.05) is 0 Å². The van der Waals surface area contributed by atoms with Gasteiger partial charge in [-0.2, -0.15) is 18.2 Å². The summed E-state index contributed by atoms with van der Waals surface area (Å²) in [4.78, 5) is 14.9. The minimum Gasteiger partial charge on any atom is -0.346 e. The largest absolute Gasteiger partial charge is 0.417 e. The first-order valence-electron chi connectivity index (χ1n) is 6.93. The van der Waals surface area contributed by atoms with Gasteiger partial charge in [0, 0.05) is 11.8 Å². The van der Waals surface area contributed by atoms with Crippen molar-refractivity contribution in [3.8, 4) is 23.0 Å². The molecule has 0 saturated carbocycles. The molecule has 6 nitrogen and oxygen atoms in total. The first-order chi connectivity index (χ1) is 11.9. The van der Waals surface area contributed by atoms with Crippen LogP contribution in [0.25, 0.3) is 34.0 Å². The number of H-pyrrole nitrogens is 1. The fourth-order valence-electron chi connectivity index (χ4n) is 2.42. The molecule has 0 aliphatic carbocycles. The summed E-state index contributed by atoms with van der Waals surface area (Å²) in [7, 11) is 0. The maximum atomic E-state index is 13.2. The van der Waals surface area contributed by atoms with E-state index in [1.807, 2.05) is 0 Å². The minimum absolute atomic E-state index is 0.0700. The Kier molecular flexibility index (Phi) is 3.27. The van der Waals surface area contributed by atoms with Gasteiger partial charge < -0.3 is 9.51 Å². The van der Waals surface area contributed by atoms with Gasteiger partial charge >= 0.3 is 6.18 Å². The first-order valence-corrected chi connectivity index (χ1v) is 6.93. The molecular weight excluding hydrogens is 342 g/mol. The number of hydrogen-bond acceptors (Lipinski definition) is 5. The van der Waals surface area contributed by atoms with E-state index in [-0.39, 0.29) is 23.0 Å². The highest BCUT2D eigenvalue weighted by Gasteiger charge is 2.35. The molecule has 126 valence electrons. The molecule has 0 bridgehead atoms. The average molecular weight is 349 g/mol. The van der Waals surface area contributed by atoms with E-state index >= 15 is 0 Å². The van der Waals surface area contributed by atoms with Gasteiger partial charge in [-0.1, -0.05) is 5.16 Å². The lowest BCUT2D eigenvalue weighted by molar-refractivity contribution is -0.137. The summed E-state index contributed by atoms with van der Waals surface area (Å²) in [5.74, 6) is -1.39. The quantitative estimate of drug-likeness (QED) is 0.556. The van der Waals surface area contributed by atoms with Gasteiger partial charge in [-0.15, -0.1) is 0 Å². The summed E-state index contributed by atoms with van der Waals surface area (Å²) in [6.45, 7) is 0. The van der Waals surface area contributed by atoms with Crippen molar-refractivity contribution in [2.24, 2.45) is 0 Å². The Morgan fingerprint density at radius 3 is 2.72 bits per heavy atom. The van der Waals surface area contributed by atoms with Crippen molar-refractivity contribution in [3.05, 3.63) is 48.2 Å². The Hall–Kier alpha value is -3.30. The molecule has 0 amide bonds. The molecular formula is C15H7F4N5O. The zero-order chi connectivity index (χ0) is 17.6. The van der Waals surface area contributed by atoms with Gasteiger partial charge in [-0.3, -0.25) is 0 Å². The maximum absolute atomic E-state index is 13.2. The van der Waals surface area contributed by atoms with Crippen LogP contribution in [0.1, 0.15) is 5.56 Å². The van der Waals surface area contributed by atoms with Crippen LogP contribution in [-0.4, -0.2) is 25.1 Å². The third-order valence-corrected chi connectivity index (χ3v) is 3.51. The number of halogens is 4.